The lowest BCUT2D eigenvalue weighted by Crippen LogP contribution is -2.35. The second-order valence-corrected chi connectivity index (χ2v) is 6.22. The highest BCUT2D eigenvalue weighted by Gasteiger charge is 2.26. The van der Waals surface area contributed by atoms with Gasteiger partial charge in [0.15, 0.2) is 0 Å². The van der Waals surface area contributed by atoms with Gasteiger partial charge in [-0.05, 0) is 24.5 Å². The largest absolute Gasteiger partial charge is 0.481 e. The highest BCUT2D eigenvalue weighted by atomic mass is 16.5. The first-order chi connectivity index (χ1) is 12.6. The average Bonchev–Trinajstić information content (AvgIpc) is 2.66. The van der Waals surface area contributed by atoms with Gasteiger partial charge in [-0.3, -0.25) is 9.59 Å². The highest BCUT2D eigenvalue weighted by molar-refractivity contribution is 5.78. The van der Waals surface area contributed by atoms with E-state index in [1.54, 1.807) is 6.92 Å². The van der Waals surface area contributed by atoms with Gasteiger partial charge in [-0.1, -0.05) is 60.7 Å². The van der Waals surface area contributed by atoms with Gasteiger partial charge in [0.25, 0.3) is 0 Å². The summed E-state index contributed by atoms with van der Waals surface area (Å²) in [5, 5.41) is 12.2. The fraction of sp³-hybridized carbons (Fsp3) is 0.333. The molecule has 5 nitrogen and oxygen atoms in total. The summed E-state index contributed by atoms with van der Waals surface area (Å²) in [5.41, 5.74) is 1.88. The lowest BCUT2D eigenvalue weighted by Gasteiger charge is -2.23. The first-order valence-corrected chi connectivity index (χ1v) is 8.76. The van der Waals surface area contributed by atoms with Crippen molar-refractivity contribution in [3.63, 3.8) is 0 Å². The number of rotatable bonds is 10. The molecular formula is C21H25NO4. The zero-order valence-electron chi connectivity index (χ0n) is 14.9. The Bertz CT molecular complexity index is 688. The van der Waals surface area contributed by atoms with Crippen LogP contribution < -0.4 is 5.32 Å². The molecule has 1 amide bonds. The Kier molecular flexibility index (Phi) is 7.83. The molecule has 0 aliphatic carbocycles. The molecular weight excluding hydrogens is 330 g/mol. The maximum Gasteiger partial charge on any atom is 0.308 e. The van der Waals surface area contributed by atoms with E-state index < -0.39 is 17.9 Å². The van der Waals surface area contributed by atoms with Crippen LogP contribution in [-0.4, -0.2) is 23.6 Å². The molecule has 2 N–H and O–H groups in total. The van der Waals surface area contributed by atoms with Gasteiger partial charge in [0.05, 0.1) is 18.6 Å². The average molecular weight is 355 g/mol. The number of carboxylic acids is 1. The number of carbonyl (C=O) groups excluding carboxylic acids is 1. The maximum atomic E-state index is 12.2. The Morgan fingerprint density at radius 1 is 1.04 bits per heavy atom. The zero-order valence-corrected chi connectivity index (χ0v) is 14.9. The van der Waals surface area contributed by atoms with E-state index in [-0.39, 0.29) is 5.91 Å². The quantitative estimate of drug-likeness (QED) is 0.639. The molecule has 2 rings (SSSR count). The second kappa shape index (κ2) is 10.4. The molecule has 0 aliphatic heterocycles. The summed E-state index contributed by atoms with van der Waals surface area (Å²) in [6.45, 7) is 2.60. The number of carbonyl (C=O) groups is 2. The zero-order chi connectivity index (χ0) is 18.8. The molecule has 26 heavy (non-hydrogen) atoms. The third kappa shape index (κ3) is 6.33. The number of amides is 1. The van der Waals surface area contributed by atoms with Crippen molar-refractivity contribution in [1.82, 2.24) is 5.32 Å². The van der Waals surface area contributed by atoms with E-state index >= 15 is 0 Å². The molecule has 2 atom stereocenters. The van der Waals surface area contributed by atoms with E-state index in [2.05, 4.69) is 5.32 Å². The number of hydrogen-bond donors (Lipinski definition) is 2. The molecule has 0 saturated carbocycles. The topological polar surface area (TPSA) is 75.6 Å². The number of ether oxygens (including phenoxy) is 1. The number of nitrogens with one attached hydrogen (secondary N) is 1. The fourth-order valence-corrected chi connectivity index (χ4v) is 2.64. The summed E-state index contributed by atoms with van der Waals surface area (Å²) < 4.78 is 5.57. The summed E-state index contributed by atoms with van der Waals surface area (Å²) >= 11 is 0. The van der Waals surface area contributed by atoms with E-state index in [1.165, 1.54) is 0 Å². The summed E-state index contributed by atoms with van der Waals surface area (Å²) in [6.07, 6.45) is 0.881. The van der Waals surface area contributed by atoms with Crippen LogP contribution in [0.2, 0.25) is 0 Å². The Morgan fingerprint density at radius 3 is 2.27 bits per heavy atom. The molecule has 2 aromatic rings. The minimum atomic E-state index is -0.939. The van der Waals surface area contributed by atoms with Crippen LogP contribution in [0.15, 0.2) is 60.7 Å². The van der Waals surface area contributed by atoms with Crippen molar-refractivity contribution in [1.29, 1.82) is 0 Å². The van der Waals surface area contributed by atoms with Crippen LogP contribution in [0.4, 0.5) is 0 Å². The number of hydrogen-bond acceptors (Lipinski definition) is 3. The van der Waals surface area contributed by atoms with Gasteiger partial charge < -0.3 is 15.2 Å². The first-order valence-electron chi connectivity index (χ1n) is 8.76. The summed E-state index contributed by atoms with van der Waals surface area (Å²) in [6, 6.07) is 18.5. The summed E-state index contributed by atoms with van der Waals surface area (Å²) in [7, 11) is 0. The van der Waals surface area contributed by atoms with Crippen molar-refractivity contribution in [3.05, 3.63) is 71.8 Å². The normalized spacial score (nSPS) is 13.0. The molecule has 0 fully saturated rings. The highest BCUT2D eigenvalue weighted by Crippen LogP contribution is 2.22. The lowest BCUT2D eigenvalue weighted by atomic mass is 9.94. The predicted octanol–water partition coefficient (Wildman–Crippen LogP) is 3.56. The van der Waals surface area contributed by atoms with Crippen molar-refractivity contribution in [3.8, 4) is 0 Å². The third-order valence-corrected chi connectivity index (χ3v) is 4.17. The van der Waals surface area contributed by atoms with Gasteiger partial charge in [-0.25, -0.2) is 0 Å². The van der Waals surface area contributed by atoms with Crippen LogP contribution in [0, 0.1) is 5.92 Å². The van der Waals surface area contributed by atoms with Crippen molar-refractivity contribution in [2.45, 2.75) is 32.4 Å². The van der Waals surface area contributed by atoms with Gasteiger partial charge in [0.1, 0.15) is 0 Å². The lowest BCUT2D eigenvalue weighted by molar-refractivity contribution is -0.142. The number of aliphatic carboxylic acids is 1. The SMILES string of the molecule is CC(C(=O)O)C(NC(=O)CCCOCc1ccccc1)c1ccccc1. The van der Waals surface area contributed by atoms with Gasteiger partial charge in [-0.2, -0.15) is 0 Å². The van der Waals surface area contributed by atoms with Gasteiger partial charge in [0, 0.05) is 13.0 Å². The van der Waals surface area contributed by atoms with Crippen LogP contribution in [0.1, 0.15) is 36.9 Å². The molecule has 0 spiro atoms. The van der Waals surface area contributed by atoms with E-state index in [9.17, 15) is 14.7 Å². The maximum absolute atomic E-state index is 12.2. The molecule has 5 heteroatoms. The molecule has 2 aromatic carbocycles. The van der Waals surface area contributed by atoms with Gasteiger partial charge in [0.2, 0.25) is 5.91 Å². The molecule has 0 radical (unpaired) electrons. The monoisotopic (exact) mass is 355 g/mol. The van der Waals surface area contributed by atoms with Crippen molar-refractivity contribution < 1.29 is 19.4 Å². The molecule has 0 aromatic heterocycles. The Hall–Kier alpha value is -2.66. The van der Waals surface area contributed by atoms with Crippen molar-refractivity contribution in [2.24, 2.45) is 5.92 Å². The molecule has 2 unspecified atom stereocenters. The minimum absolute atomic E-state index is 0.171. The summed E-state index contributed by atoms with van der Waals surface area (Å²) in [5.74, 6) is -1.82. The molecule has 0 bridgehead atoms. The Morgan fingerprint density at radius 2 is 1.65 bits per heavy atom. The van der Waals surface area contributed by atoms with E-state index in [1.807, 2.05) is 60.7 Å². The number of benzene rings is 2. The Labute approximate surface area is 154 Å². The van der Waals surface area contributed by atoms with Crippen LogP contribution >= 0.6 is 0 Å². The number of carboxylic acid groups (broad SMARTS) is 1. The van der Waals surface area contributed by atoms with Crippen molar-refractivity contribution >= 4 is 11.9 Å². The molecule has 138 valence electrons. The standard InChI is InChI=1S/C21H25NO4/c1-16(21(24)25)20(18-11-6-3-7-12-18)22-19(23)13-8-14-26-15-17-9-4-2-5-10-17/h2-7,9-12,16,20H,8,13-15H2,1H3,(H,22,23)(H,24,25). The predicted molar refractivity (Wildman–Crippen MR) is 99.5 cm³/mol. The van der Waals surface area contributed by atoms with Crippen LogP contribution in [-0.2, 0) is 20.9 Å². The smallest absolute Gasteiger partial charge is 0.308 e. The van der Waals surface area contributed by atoms with Gasteiger partial charge >= 0.3 is 5.97 Å². The first kappa shape index (κ1) is 19.7. The van der Waals surface area contributed by atoms with Crippen LogP contribution in [0.3, 0.4) is 0 Å². The van der Waals surface area contributed by atoms with Crippen LogP contribution in [0.5, 0.6) is 0 Å². The Balaban J connectivity index is 1.79. The van der Waals surface area contributed by atoms with E-state index in [0.717, 1.165) is 11.1 Å². The van der Waals surface area contributed by atoms with Crippen LogP contribution in [0.25, 0.3) is 0 Å². The van der Waals surface area contributed by atoms with E-state index in [0.29, 0.717) is 26.1 Å². The fourth-order valence-electron chi connectivity index (χ4n) is 2.64. The molecule has 0 saturated heterocycles. The second-order valence-electron chi connectivity index (χ2n) is 6.22. The van der Waals surface area contributed by atoms with Gasteiger partial charge in [-0.15, -0.1) is 0 Å². The van der Waals surface area contributed by atoms with E-state index in [4.69, 9.17) is 4.74 Å². The molecule has 0 aliphatic rings. The third-order valence-electron chi connectivity index (χ3n) is 4.17. The summed E-state index contributed by atoms with van der Waals surface area (Å²) in [4.78, 5) is 23.6. The minimum Gasteiger partial charge on any atom is -0.481 e. The molecule has 0 heterocycles. The van der Waals surface area contributed by atoms with Crippen molar-refractivity contribution in [2.75, 3.05) is 6.61 Å².